The fraction of sp³-hybridized carbons (Fsp3) is 0.700. The zero-order valence-corrected chi connectivity index (χ0v) is 9.45. The molecule has 16 heavy (non-hydrogen) atoms. The van der Waals surface area contributed by atoms with Gasteiger partial charge >= 0.3 is 5.97 Å². The first-order valence-corrected chi connectivity index (χ1v) is 5.09. The third-order valence-electron chi connectivity index (χ3n) is 2.85. The van der Waals surface area contributed by atoms with Crippen LogP contribution in [0.4, 0.5) is 0 Å². The lowest BCUT2D eigenvalue weighted by Gasteiger charge is -2.16. The van der Waals surface area contributed by atoms with Crippen molar-refractivity contribution < 1.29 is 19.5 Å². The number of carboxylic acid groups (broad SMARTS) is 1. The van der Waals surface area contributed by atoms with E-state index < -0.39 is 11.4 Å². The minimum atomic E-state index is -0.868. The van der Waals surface area contributed by atoms with Crippen molar-refractivity contribution in [1.29, 1.82) is 0 Å². The topological polar surface area (TPSA) is 86.7 Å². The van der Waals surface area contributed by atoms with Gasteiger partial charge < -0.3 is 15.3 Å². The summed E-state index contributed by atoms with van der Waals surface area (Å²) in [6.07, 6.45) is 1.20. The van der Waals surface area contributed by atoms with E-state index in [1.165, 1.54) is 18.9 Å². The Morgan fingerprint density at radius 1 is 1.38 bits per heavy atom. The molecule has 0 aliphatic heterocycles. The summed E-state index contributed by atoms with van der Waals surface area (Å²) in [6, 6.07) is 0. The SMILES string of the molecule is CC(=O)N(C)CC(=O)NCC1(C(=O)O)CC1. The Hall–Kier alpha value is -1.59. The van der Waals surface area contributed by atoms with Gasteiger partial charge in [0.2, 0.25) is 11.8 Å². The highest BCUT2D eigenvalue weighted by atomic mass is 16.4. The van der Waals surface area contributed by atoms with Gasteiger partial charge in [0, 0.05) is 20.5 Å². The molecule has 0 aromatic heterocycles. The Labute approximate surface area is 93.6 Å². The third kappa shape index (κ3) is 2.95. The molecule has 0 unspecified atom stereocenters. The molecule has 1 aliphatic carbocycles. The number of carbonyl (C=O) groups excluding carboxylic acids is 2. The Bertz CT molecular complexity index is 323. The number of likely N-dealkylation sites (N-methyl/N-ethyl adjacent to an activating group) is 1. The standard InChI is InChI=1S/C10H16N2O4/c1-7(13)12(2)5-8(14)11-6-10(3-4-10)9(15)16/h3-6H2,1-2H3,(H,11,14)(H,15,16). The number of carboxylic acids is 1. The van der Waals surface area contributed by atoms with E-state index in [9.17, 15) is 14.4 Å². The first-order chi connectivity index (χ1) is 7.37. The lowest BCUT2D eigenvalue weighted by atomic mass is 10.1. The van der Waals surface area contributed by atoms with E-state index in [0.717, 1.165) is 0 Å². The van der Waals surface area contributed by atoms with Crippen LogP contribution in [0.15, 0.2) is 0 Å². The predicted octanol–water partition coefficient (Wildman–Crippen LogP) is -0.554. The molecule has 1 saturated carbocycles. The summed E-state index contributed by atoms with van der Waals surface area (Å²) in [5.41, 5.74) is -0.759. The molecule has 0 bridgehead atoms. The summed E-state index contributed by atoms with van der Waals surface area (Å²) in [4.78, 5) is 34.3. The Balaban J connectivity index is 2.31. The molecule has 1 fully saturated rings. The van der Waals surface area contributed by atoms with Gasteiger partial charge in [-0.25, -0.2) is 0 Å². The van der Waals surface area contributed by atoms with E-state index in [0.29, 0.717) is 12.8 Å². The predicted molar refractivity (Wildman–Crippen MR) is 55.6 cm³/mol. The van der Waals surface area contributed by atoms with Crippen LogP contribution in [0.3, 0.4) is 0 Å². The normalized spacial score (nSPS) is 16.4. The number of rotatable bonds is 5. The highest BCUT2D eigenvalue weighted by Crippen LogP contribution is 2.45. The van der Waals surface area contributed by atoms with Crippen LogP contribution in [0.1, 0.15) is 19.8 Å². The summed E-state index contributed by atoms with van der Waals surface area (Å²) in [6.45, 7) is 1.48. The van der Waals surface area contributed by atoms with E-state index in [4.69, 9.17) is 5.11 Å². The summed E-state index contributed by atoms with van der Waals surface area (Å²) in [5.74, 6) is -1.40. The lowest BCUT2D eigenvalue weighted by molar-refractivity contribution is -0.143. The maximum Gasteiger partial charge on any atom is 0.311 e. The van der Waals surface area contributed by atoms with Gasteiger partial charge in [-0.15, -0.1) is 0 Å². The molecule has 2 amide bonds. The van der Waals surface area contributed by atoms with Crippen molar-refractivity contribution in [3.8, 4) is 0 Å². The first kappa shape index (κ1) is 12.5. The van der Waals surface area contributed by atoms with Gasteiger partial charge in [-0.2, -0.15) is 0 Å². The zero-order valence-electron chi connectivity index (χ0n) is 9.45. The molecule has 0 saturated heterocycles. The van der Waals surface area contributed by atoms with Crippen molar-refractivity contribution in [2.75, 3.05) is 20.1 Å². The number of hydrogen-bond acceptors (Lipinski definition) is 3. The van der Waals surface area contributed by atoms with Crippen LogP contribution in [0.2, 0.25) is 0 Å². The van der Waals surface area contributed by atoms with Gasteiger partial charge in [0.25, 0.3) is 0 Å². The van der Waals surface area contributed by atoms with E-state index in [1.54, 1.807) is 0 Å². The van der Waals surface area contributed by atoms with E-state index in [-0.39, 0.29) is 24.9 Å². The van der Waals surface area contributed by atoms with Crippen LogP contribution in [0.25, 0.3) is 0 Å². The summed E-state index contributed by atoms with van der Waals surface area (Å²) in [7, 11) is 1.52. The molecule has 6 nitrogen and oxygen atoms in total. The molecular weight excluding hydrogens is 212 g/mol. The molecule has 0 aromatic rings. The smallest absolute Gasteiger partial charge is 0.311 e. The molecular formula is C10H16N2O4. The van der Waals surface area contributed by atoms with Gasteiger partial charge in [-0.1, -0.05) is 0 Å². The maximum absolute atomic E-state index is 11.4. The molecule has 0 aromatic carbocycles. The summed E-state index contributed by atoms with van der Waals surface area (Å²) >= 11 is 0. The minimum Gasteiger partial charge on any atom is -0.481 e. The Morgan fingerprint density at radius 2 is 1.94 bits per heavy atom. The van der Waals surface area contributed by atoms with E-state index in [1.807, 2.05) is 0 Å². The molecule has 1 rings (SSSR count). The second kappa shape index (κ2) is 4.51. The van der Waals surface area contributed by atoms with Gasteiger partial charge in [0.05, 0.1) is 12.0 Å². The van der Waals surface area contributed by atoms with E-state index >= 15 is 0 Å². The number of nitrogens with zero attached hydrogens (tertiary/aromatic N) is 1. The monoisotopic (exact) mass is 228 g/mol. The fourth-order valence-electron chi connectivity index (χ4n) is 1.27. The molecule has 90 valence electrons. The molecule has 0 radical (unpaired) electrons. The molecule has 0 atom stereocenters. The van der Waals surface area contributed by atoms with Crippen LogP contribution in [0.5, 0.6) is 0 Å². The Kier molecular flexibility index (Phi) is 3.51. The number of hydrogen-bond donors (Lipinski definition) is 2. The first-order valence-electron chi connectivity index (χ1n) is 5.09. The second-order valence-corrected chi connectivity index (χ2v) is 4.24. The molecule has 0 heterocycles. The lowest BCUT2D eigenvalue weighted by Crippen LogP contribution is -2.41. The molecule has 0 spiro atoms. The van der Waals surface area contributed by atoms with Gasteiger partial charge in [0.15, 0.2) is 0 Å². The van der Waals surface area contributed by atoms with Gasteiger partial charge in [-0.05, 0) is 12.8 Å². The van der Waals surface area contributed by atoms with Crippen molar-refractivity contribution in [2.45, 2.75) is 19.8 Å². The Morgan fingerprint density at radius 3 is 2.31 bits per heavy atom. The maximum atomic E-state index is 11.4. The molecule has 1 aliphatic rings. The van der Waals surface area contributed by atoms with Crippen LogP contribution in [-0.2, 0) is 14.4 Å². The highest BCUT2D eigenvalue weighted by molar-refractivity contribution is 5.84. The molecule has 2 N–H and O–H groups in total. The van der Waals surface area contributed by atoms with Crippen LogP contribution >= 0.6 is 0 Å². The fourth-order valence-corrected chi connectivity index (χ4v) is 1.27. The quantitative estimate of drug-likeness (QED) is 0.660. The number of aliphatic carboxylic acids is 1. The van der Waals surface area contributed by atoms with E-state index in [2.05, 4.69) is 5.32 Å². The second-order valence-electron chi connectivity index (χ2n) is 4.24. The van der Waals surface area contributed by atoms with Gasteiger partial charge in [0.1, 0.15) is 0 Å². The number of carbonyl (C=O) groups is 3. The average Bonchev–Trinajstić information content (AvgIpc) is 2.95. The van der Waals surface area contributed by atoms with Gasteiger partial charge in [-0.3, -0.25) is 14.4 Å². The third-order valence-corrected chi connectivity index (χ3v) is 2.85. The molecule has 6 heteroatoms. The van der Waals surface area contributed by atoms with Crippen LogP contribution < -0.4 is 5.32 Å². The van der Waals surface area contributed by atoms with Crippen LogP contribution in [0, 0.1) is 5.41 Å². The largest absolute Gasteiger partial charge is 0.481 e. The van der Waals surface area contributed by atoms with Crippen molar-refractivity contribution in [3.63, 3.8) is 0 Å². The summed E-state index contributed by atoms with van der Waals surface area (Å²) in [5, 5.41) is 11.4. The summed E-state index contributed by atoms with van der Waals surface area (Å²) < 4.78 is 0. The van der Waals surface area contributed by atoms with Crippen LogP contribution in [-0.4, -0.2) is 47.9 Å². The average molecular weight is 228 g/mol. The highest BCUT2D eigenvalue weighted by Gasteiger charge is 2.50. The van der Waals surface area contributed by atoms with Crippen molar-refractivity contribution >= 4 is 17.8 Å². The van der Waals surface area contributed by atoms with Crippen molar-refractivity contribution in [3.05, 3.63) is 0 Å². The number of nitrogens with one attached hydrogen (secondary N) is 1. The van der Waals surface area contributed by atoms with Crippen molar-refractivity contribution in [1.82, 2.24) is 10.2 Å². The van der Waals surface area contributed by atoms with Crippen molar-refractivity contribution in [2.24, 2.45) is 5.41 Å². The number of amides is 2. The minimum absolute atomic E-state index is 0.0367. The zero-order chi connectivity index (χ0) is 12.3.